The van der Waals surface area contributed by atoms with E-state index in [1.165, 1.54) is 0 Å². The number of ether oxygens (including phenoxy) is 2. The molecule has 0 aliphatic carbocycles. The lowest BCUT2D eigenvalue weighted by molar-refractivity contribution is -0.135. The van der Waals surface area contributed by atoms with Crippen molar-refractivity contribution in [3.05, 3.63) is 59.2 Å². The molecule has 2 aliphatic heterocycles. The van der Waals surface area contributed by atoms with E-state index >= 15 is 0 Å². The Morgan fingerprint density at radius 2 is 1.53 bits per heavy atom. The molecule has 2 heterocycles. The Labute approximate surface area is 200 Å². The summed E-state index contributed by atoms with van der Waals surface area (Å²) in [5.41, 5.74) is 2.22. The molecule has 0 radical (unpaired) electrons. The number of nitrogens with one attached hydrogen (secondary N) is 1. The second-order valence-electron chi connectivity index (χ2n) is 9.38. The van der Waals surface area contributed by atoms with Gasteiger partial charge in [0.1, 0.15) is 19.3 Å². The zero-order valence-electron chi connectivity index (χ0n) is 20.0. The number of carbonyl (C=O) groups excluding carboxylic acids is 3. The van der Waals surface area contributed by atoms with Crippen LogP contribution in [0.1, 0.15) is 53.0 Å². The van der Waals surface area contributed by atoms with E-state index in [0.717, 1.165) is 5.56 Å². The summed E-state index contributed by atoms with van der Waals surface area (Å²) in [6, 6.07) is 12.0. The van der Waals surface area contributed by atoms with Gasteiger partial charge in [-0.15, -0.1) is 0 Å². The van der Waals surface area contributed by atoms with Crippen LogP contribution in [-0.2, 0) is 4.79 Å². The van der Waals surface area contributed by atoms with Gasteiger partial charge in [0.2, 0.25) is 5.91 Å². The first kappa shape index (κ1) is 23.8. The standard InChI is InChI=1S/C27H32N2O5/c1-17(2)24(28-26(31)20-6-4-18(3)5-7-20)27(32)29-12-10-19(11-13-29)25(30)21-8-9-22-23(16-21)34-15-14-33-22/h4-9,16-17,19,24H,10-15H2,1-3H3,(H,28,31). The Hall–Kier alpha value is -3.35. The first-order chi connectivity index (χ1) is 16.3. The van der Waals surface area contributed by atoms with E-state index in [1.807, 2.05) is 32.9 Å². The van der Waals surface area contributed by atoms with Gasteiger partial charge in [-0.1, -0.05) is 31.5 Å². The lowest BCUT2D eigenvalue weighted by atomic mass is 9.88. The van der Waals surface area contributed by atoms with Crippen LogP contribution < -0.4 is 14.8 Å². The quantitative estimate of drug-likeness (QED) is 0.660. The fourth-order valence-corrected chi connectivity index (χ4v) is 4.43. The topological polar surface area (TPSA) is 84.9 Å². The number of piperidine rings is 1. The van der Waals surface area contributed by atoms with E-state index in [1.54, 1.807) is 35.2 Å². The molecule has 0 saturated carbocycles. The van der Waals surface area contributed by atoms with Crippen molar-refractivity contribution in [1.82, 2.24) is 10.2 Å². The average molecular weight is 465 g/mol. The number of likely N-dealkylation sites (tertiary alicyclic amines) is 1. The molecule has 1 N–H and O–H groups in total. The van der Waals surface area contributed by atoms with Crippen LogP contribution in [0.15, 0.2) is 42.5 Å². The minimum absolute atomic E-state index is 0.0565. The average Bonchev–Trinajstić information content (AvgIpc) is 2.86. The number of amides is 2. The predicted molar refractivity (Wildman–Crippen MR) is 128 cm³/mol. The molecule has 180 valence electrons. The number of aryl methyl sites for hydroxylation is 1. The summed E-state index contributed by atoms with van der Waals surface area (Å²) >= 11 is 0. The number of benzene rings is 2. The summed E-state index contributed by atoms with van der Waals surface area (Å²) in [4.78, 5) is 40.8. The summed E-state index contributed by atoms with van der Waals surface area (Å²) in [5, 5.41) is 2.92. The van der Waals surface area contributed by atoms with E-state index in [4.69, 9.17) is 9.47 Å². The summed E-state index contributed by atoms with van der Waals surface area (Å²) in [6.07, 6.45) is 1.19. The Bertz CT molecular complexity index is 1060. The number of carbonyl (C=O) groups is 3. The maximum atomic E-state index is 13.3. The van der Waals surface area contributed by atoms with Crippen LogP contribution in [0.5, 0.6) is 11.5 Å². The second kappa shape index (κ2) is 10.3. The number of fused-ring (bicyclic) bond motifs is 1. The molecular formula is C27H32N2O5. The molecule has 1 saturated heterocycles. The molecule has 2 aliphatic rings. The van der Waals surface area contributed by atoms with E-state index in [9.17, 15) is 14.4 Å². The summed E-state index contributed by atoms with van der Waals surface area (Å²) in [7, 11) is 0. The highest BCUT2D eigenvalue weighted by Gasteiger charge is 2.33. The van der Waals surface area contributed by atoms with Crippen molar-refractivity contribution < 1.29 is 23.9 Å². The minimum Gasteiger partial charge on any atom is -0.486 e. The third-order valence-corrected chi connectivity index (χ3v) is 6.54. The van der Waals surface area contributed by atoms with Gasteiger partial charge in [0.15, 0.2) is 17.3 Å². The molecule has 2 aromatic rings. The third kappa shape index (κ3) is 5.24. The van der Waals surface area contributed by atoms with Crippen molar-refractivity contribution >= 4 is 17.6 Å². The van der Waals surface area contributed by atoms with Crippen LogP contribution in [0.2, 0.25) is 0 Å². The Morgan fingerprint density at radius 3 is 2.18 bits per heavy atom. The molecule has 0 spiro atoms. The Morgan fingerprint density at radius 1 is 0.912 bits per heavy atom. The van der Waals surface area contributed by atoms with Gasteiger partial charge in [-0.05, 0) is 56.0 Å². The smallest absolute Gasteiger partial charge is 0.251 e. The molecule has 2 amide bonds. The lowest BCUT2D eigenvalue weighted by Crippen LogP contribution is -2.53. The molecule has 0 bridgehead atoms. The molecule has 1 fully saturated rings. The van der Waals surface area contributed by atoms with Gasteiger partial charge in [-0.25, -0.2) is 0 Å². The lowest BCUT2D eigenvalue weighted by Gasteiger charge is -2.35. The molecule has 4 rings (SSSR count). The zero-order chi connectivity index (χ0) is 24.2. The highest BCUT2D eigenvalue weighted by Crippen LogP contribution is 2.32. The Kier molecular flexibility index (Phi) is 7.20. The number of Topliss-reactive ketones (excluding diaryl/α,β-unsaturated/α-hetero) is 1. The fourth-order valence-electron chi connectivity index (χ4n) is 4.43. The van der Waals surface area contributed by atoms with Crippen molar-refractivity contribution in [1.29, 1.82) is 0 Å². The van der Waals surface area contributed by atoms with E-state index in [0.29, 0.717) is 61.8 Å². The van der Waals surface area contributed by atoms with Gasteiger partial charge < -0.3 is 19.7 Å². The van der Waals surface area contributed by atoms with Gasteiger partial charge in [0, 0.05) is 30.1 Å². The first-order valence-electron chi connectivity index (χ1n) is 11.9. The van der Waals surface area contributed by atoms with Crippen molar-refractivity contribution in [2.45, 2.75) is 39.7 Å². The SMILES string of the molecule is Cc1ccc(C(=O)NC(C(=O)N2CCC(C(=O)c3ccc4c(c3)OCCO4)CC2)C(C)C)cc1. The predicted octanol–water partition coefficient (Wildman–Crippen LogP) is 3.64. The van der Waals surface area contributed by atoms with Crippen molar-refractivity contribution in [2.75, 3.05) is 26.3 Å². The summed E-state index contributed by atoms with van der Waals surface area (Å²) in [6.45, 7) is 7.78. The second-order valence-corrected chi connectivity index (χ2v) is 9.38. The third-order valence-electron chi connectivity index (χ3n) is 6.54. The number of hydrogen-bond acceptors (Lipinski definition) is 5. The molecule has 1 atom stereocenters. The molecule has 34 heavy (non-hydrogen) atoms. The first-order valence-corrected chi connectivity index (χ1v) is 11.9. The molecule has 2 aromatic carbocycles. The van der Waals surface area contributed by atoms with Crippen LogP contribution in [0, 0.1) is 18.8 Å². The van der Waals surface area contributed by atoms with Crippen LogP contribution >= 0.6 is 0 Å². The van der Waals surface area contributed by atoms with Gasteiger partial charge in [0.05, 0.1) is 0 Å². The van der Waals surface area contributed by atoms with Crippen LogP contribution in [0.4, 0.5) is 0 Å². The maximum absolute atomic E-state index is 13.3. The van der Waals surface area contributed by atoms with E-state index in [-0.39, 0.29) is 29.4 Å². The van der Waals surface area contributed by atoms with Crippen LogP contribution in [-0.4, -0.2) is 54.8 Å². The largest absolute Gasteiger partial charge is 0.486 e. The Balaban J connectivity index is 1.36. The van der Waals surface area contributed by atoms with Gasteiger partial charge in [-0.3, -0.25) is 14.4 Å². The number of rotatable bonds is 6. The van der Waals surface area contributed by atoms with Crippen LogP contribution in [0.3, 0.4) is 0 Å². The minimum atomic E-state index is -0.612. The monoisotopic (exact) mass is 464 g/mol. The molecular weight excluding hydrogens is 432 g/mol. The van der Waals surface area contributed by atoms with Crippen molar-refractivity contribution in [3.63, 3.8) is 0 Å². The van der Waals surface area contributed by atoms with Crippen LogP contribution in [0.25, 0.3) is 0 Å². The molecule has 0 aromatic heterocycles. The fraction of sp³-hybridized carbons (Fsp3) is 0.444. The number of ketones is 1. The van der Waals surface area contributed by atoms with Crippen molar-refractivity contribution in [3.8, 4) is 11.5 Å². The van der Waals surface area contributed by atoms with Gasteiger partial charge in [-0.2, -0.15) is 0 Å². The zero-order valence-corrected chi connectivity index (χ0v) is 20.0. The summed E-state index contributed by atoms with van der Waals surface area (Å²) < 4.78 is 11.1. The molecule has 1 unspecified atom stereocenters. The number of hydrogen-bond donors (Lipinski definition) is 1. The van der Waals surface area contributed by atoms with Gasteiger partial charge >= 0.3 is 0 Å². The van der Waals surface area contributed by atoms with E-state index in [2.05, 4.69) is 5.32 Å². The number of nitrogens with zero attached hydrogens (tertiary/aromatic N) is 1. The molecule has 7 heteroatoms. The highest BCUT2D eigenvalue weighted by molar-refractivity contribution is 5.99. The van der Waals surface area contributed by atoms with Gasteiger partial charge in [0.25, 0.3) is 5.91 Å². The van der Waals surface area contributed by atoms with Crippen molar-refractivity contribution in [2.24, 2.45) is 11.8 Å². The molecule has 7 nitrogen and oxygen atoms in total. The maximum Gasteiger partial charge on any atom is 0.251 e. The normalized spacial score (nSPS) is 16.8. The van der Waals surface area contributed by atoms with E-state index < -0.39 is 6.04 Å². The summed E-state index contributed by atoms with van der Waals surface area (Å²) in [5.74, 6) is 0.781. The highest BCUT2D eigenvalue weighted by atomic mass is 16.6.